The maximum atomic E-state index is 5.36. The maximum absolute atomic E-state index is 5.36. The van der Waals surface area contributed by atoms with Crippen LogP contribution in [-0.4, -0.2) is 75.0 Å². The summed E-state index contributed by atoms with van der Waals surface area (Å²) in [6.45, 7) is 13.3. The minimum Gasteiger partial charge on any atom is -0.379 e. The van der Waals surface area contributed by atoms with Crippen LogP contribution >= 0.6 is 0 Å². The van der Waals surface area contributed by atoms with Crippen molar-refractivity contribution in [3.05, 3.63) is 6.92 Å². The minimum absolute atomic E-state index is 0.458. The van der Waals surface area contributed by atoms with Gasteiger partial charge in [0.2, 0.25) is 0 Å². The Morgan fingerprint density at radius 3 is 2.18 bits per heavy atom. The summed E-state index contributed by atoms with van der Waals surface area (Å²) in [6.07, 6.45) is 2.43. The molecule has 0 aromatic carbocycles. The standard InChI is InChI=1S/C13H25N2O2/c1-13(15-7-11-17-12-8-15)3-2-4-14-5-9-16-10-6-14/h13H,1-12H2. The molecule has 0 bridgehead atoms. The molecule has 17 heavy (non-hydrogen) atoms. The molecule has 2 aliphatic rings. The molecule has 0 amide bonds. The second kappa shape index (κ2) is 7.31. The number of hydrogen-bond acceptors (Lipinski definition) is 4. The van der Waals surface area contributed by atoms with Crippen LogP contribution in [0.15, 0.2) is 0 Å². The lowest BCUT2D eigenvalue weighted by Gasteiger charge is -2.33. The van der Waals surface area contributed by atoms with Crippen molar-refractivity contribution in [3.63, 3.8) is 0 Å². The summed E-state index contributed by atoms with van der Waals surface area (Å²) in [5.74, 6) is 0. The summed E-state index contributed by atoms with van der Waals surface area (Å²) < 4.78 is 10.7. The van der Waals surface area contributed by atoms with E-state index in [1.54, 1.807) is 0 Å². The largest absolute Gasteiger partial charge is 0.379 e. The third-order valence-corrected chi connectivity index (χ3v) is 3.68. The van der Waals surface area contributed by atoms with Crippen molar-refractivity contribution in [2.24, 2.45) is 0 Å². The Morgan fingerprint density at radius 1 is 0.941 bits per heavy atom. The van der Waals surface area contributed by atoms with Crippen molar-refractivity contribution in [1.82, 2.24) is 9.80 Å². The molecule has 0 aliphatic carbocycles. The van der Waals surface area contributed by atoms with Gasteiger partial charge in [0.05, 0.1) is 26.4 Å². The lowest BCUT2D eigenvalue weighted by Crippen LogP contribution is -2.43. The van der Waals surface area contributed by atoms with Gasteiger partial charge in [0.1, 0.15) is 0 Å². The van der Waals surface area contributed by atoms with Crippen LogP contribution in [0.25, 0.3) is 0 Å². The first-order valence-corrected chi connectivity index (χ1v) is 6.81. The fourth-order valence-electron chi connectivity index (χ4n) is 2.50. The summed E-state index contributed by atoms with van der Waals surface area (Å²) in [4.78, 5) is 4.94. The minimum atomic E-state index is 0.458. The van der Waals surface area contributed by atoms with Gasteiger partial charge < -0.3 is 9.47 Å². The van der Waals surface area contributed by atoms with Crippen molar-refractivity contribution in [2.45, 2.75) is 18.9 Å². The molecule has 2 heterocycles. The molecule has 4 heteroatoms. The van der Waals surface area contributed by atoms with Crippen molar-refractivity contribution in [1.29, 1.82) is 0 Å². The summed E-state index contributed by atoms with van der Waals surface area (Å²) >= 11 is 0. The number of nitrogens with zero attached hydrogens (tertiary/aromatic N) is 2. The van der Waals surface area contributed by atoms with E-state index in [1.807, 2.05) is 0 Å². The molecular weight excluding hydrogens is 216 g/mol. The van der Waals surface area contributed by atoms with Crippen LogP contribution < -0.4 is 0 Å². The highest BCUT2D eigenvalue weighted by Gasteiger charge is 2.17. The Bertz CT molecular complexity index is 202. The van der Waals surface area contributed by atoms with Gasteiger partial charge in [0.15, 0.2) is 0 Å². The molecule has 0 saturated carbocycles. The molecule has 1 atom stereocenters. The molecule has 99 valence electrons. The maximum Gasteiger partial charge on any atom is 0.0594 e. The average Bonchev–Trinajstić information content (AvgIpc) is 2.41. The van der Waals surface area contributed by atoms with Gasteiger partial charge in [-0.2, -0.15) is 0 Å². The molecule has 1 radical (unpaired) electrons. The van der Waals surface area contributed by atoms with Gasteiger partial charge in [-0.05, 0) is 26.3 Å². The van der Waals surface area contributed by atoms with E-state index in [9.17, 15) is 0 Å². The quantitative estimate of drug-likeness (QED) is 0.705. The Kier molecular flexibility index (Phi) is 5.71. The van der Waals surface area contributed by atoms with Crippen LogP contribution in [-0.2, 0) is 9.47 Å². The smallest absolute Gasteiger partial charge is 0.0594 e. The molecule has 0 spiro atoms. The van der Waals surface area contributed by atoms with E-state index in [1.165, 1.54) is 19.4 Å². The molecule has 2 saturated heterocycles. The van der Waals surface area contributed by atoms with Crippen molar-refractivity contribution in [3.8, 4) is 0 Å². The Balaban J connectivity index is 1.57. The molecule has 2 aliphatic heterocycles. The normalized spacial score (nSPS) is 25.9. The third-order valence-electron chi connectivity index (χ3n) is 3.68. The second-order valence-corrected chi connectivity index (χ2v) is 4.90. The summed E-state index contributed by atoms with van der Waals surface area (Å²) in [5.41, 5.74) is 0. The average molecular weight is 241 g/mol. The van der Waals surface area contributed by atoms with Gasteiger partial charge in [0, 0.05) is 32.2 Å². The van der Waals surface area contributed by atoms with Gasteiger partial charge in [0.25, 0.3) is 0 Å². The monoisotopic (exact) mass is 241 g/mol. The zero-order valence-electron chi connectivity index (χ0n) is 10.8. The molecule has 1 unspecified atom stereocenters. The first-order valence-electron chi connectivity index (χ1n) is 6.81. The fraction of sp³-hybridized carbons (Fsp3) is 0.923. The first kappa shape index (κ1) is 13.3. The van der Waals surface area contributed by atoms with Crippen molar-refractivity contribution in [2.75, 3.05) is 59.2 Å². The van der Waals surface area contributed by atoms with E-state index in [4.69, 9.17) is 9.47 Å². The summed E-state index contributed by atoms with van der Waals surface area (Å²) in [7, 11) is 0. The Labute approximate surface area is 105 Å². The summed E-state index contributed by atoms with van der Waals surface area (Å²) in [5, 5.41) is 0. The SMILES string of the molecule is [CH2]C(CCCN1CCOCC1)N1CCOCC1. The van der Waals surface area contributed by atoms with Crippen LogP contribution in [0.1, 0.15) is 12.8 Å². The van der Waals surface area contributed by atoms with Crippen LogP contribution in [0.4, 0.5) is 0 Å². The van der Waals surface area contributed by atoms with E-state index >= 15 is 0 Å². The molecule has 2 rings (SSSR count). The molecule has 0 aromatic heterocycles. The van der Waals surface area contributed by atoms with Crippen molar-refractivity contribution >= 4 is 0 Å². The van der Waals surface area contributed by atoms with Crippen LogP contribution in [0.5, 0.6) is 0 Å². The van der Waals surface area contributed by atoms with E-state index in [0.29, 0.717) is 6.04 Å². The summed E-state index contributed by atoms with van der Waals surface area (Å²) in [6, 6.07) is 0.458. The van der Waals surface area contributed by atoms with E-state index in [2.05, 4.69) is 16.7 Å². The lowest BCUT2D eigenvalue weighted by molar-refractivity contribution is 0.0198. The zero-order valence-corrected chi connectivity index (χ0v) is 10.8. The van der Waals surface area contributed by atoms with Gasteiger partial charge in [-0.15, -0.1) is 0 Å². The van der Waals surface area contributed by atoms with Crippen LogP contribution in [0, 0.1) is 6.92 Å². The van der Waals surface area contributed by atoms with E-state index in [-0.39, 0.29) is 0 Å². The number of hydrogen-bond donors (Lipinski definition) is 0. The molecule has 4 nitrogen and oxygen atoms in total. The molecule has 2 fully saturated rings. The third kappa shape index (κ3) is 4.54. The molecular formula is C13H25N2O2. The highest BCUT2D eigenvalue weighted by molar-refractivity contribution is 4.76. The molecule has 0 aromatic rings. The highest BCUT2D eigenvalue weighted by atomic mass is 16.5. The predicted molar refractivity (Wildman–Crippen MR) is 68.0 cm³/mol. The Morgan fingerprint density at radius 2 is 1.53 bits per heavy atom. The fourth-order valence-corrected chi connectivity index (χ4v) is 2.50. The van der Waals surface area contributed by atoms with Gasteiger partial charge in [-0.1, -0.05) is 0 Å². The second-order valence-electron chi connectivity index (χ2n) is 4.90. The van der Waals surface area contributed by atoms with Gasteiger partial charge >= 0.3 is 0 Å². The lowest BCUT2D eigenvalue weighted by atomic mass is 10.1. The predicted octanol–water partition coefficient (Wildman–Crippen LogP) is 0.634. The van der Waals surface area contributed by atoms with Crippen LogP contribution in [0.2, 0.25) is 0 Å². The topological polar surface area (TPSA) is 24.9 Å². The molecule has 0 N–H and O–H groups in total. The van der Waals surface area contributed by atoms with Crippen LogP contribution in [0.3, 0.4) is 0 Å². The van der Waals surface area contributed by atoms with Gasteiger partial charge in [-0.3, -0.25) is 9.80 Å². The first-order chi connectivity index (χ1) is 8.36. The van der Waals surface area contributed by atoms with Gasteiger partial charge in [-0.25, -0.2) is 0 Å². The number of morpholine rings is 2. The van der Waals surface area contributed by atoms with E-state index in [0.717, 1.165) is 52.6 Å². The Hall–Kier alpha value is -0.160. The number of rotatable bonds is 5. The van der Waals surface area contributed by atoms with E-state index < -0.39 is 0 Å². The highest BCUT2D eigenvalue weighted by Crippen LogP contribution is 2.10. The zero-order chi connectivity index (χ0) is 11.9. The number of ether oxygens (including phenoxy) is 2. The van der Waals surface area contributed by atoms with Crippen molar-refractivity contribution < 1.29 is 9.47 Å².